The fraction of sp³-hybridized carbons (Fsp3) is 0.438. The fourth-order valence-electron chi connectivity index (χ4n) is 2.51. The van der Waals surface area contributed by atoms with Crippen LogP contribution in [0, 0.1) is 18.2 Å². The smallest absolute Gasteiger partial charge is 0.339 e. The number of halogens is 1. The van der Waals surface area contributed by atoms with Crippen LogP contribution in [0.5, 0.6) is 0 Å². The molecule has 1 aliphatic rings. The highest BCUT2D eigenvalue weighted by Crippen LogP contribution is 2.22. The molecule has 1 saturated heterocycles. The van der Waals surface area contributed by atoms with Gasteiger partial charge < -0.3 is 10.1 Å². The van der Waals surface area contributed by atoms with Gasteiger partial charge in [-0.1, -0.05) is 5.92 Å². The third-order valence-corrected chi connectivity index (χ3v) is 3.65. The Kier molecular flexibility index (Phi) is 5.18. The maximum Gasteiger partial charge on any atom is 0.339 e. The number of anilines is 1. The first-order valence-corrected chi connectivity index (χ1v) is 6.94. The van der Waals surface area contributed by atoms with E-state index in [0.717, 1.165) is 25.9 Å². The second kappa shape index (κ2) is 7.09. The van der Waals surface area contributed by atoms with Crippen molar-refractivity contribution in [3.8, 4) is 12.3 Å². The van der Waals surface area contributed by atoms with Gasteiger partial charge >= 0.3 is 5.97 Å². The summed E-state index contributed by atoms with van der Waals surface area (Å²) in [6, 6.07) is 4.23. The summed E-state index contributed by atoms with van der Waals surface area (Å²) in [4.78, 5) is 13.9. The van der Waals surface area contributed by atoms with Crippen molar-refractivity contribution in [3.63, 3.8) is 0 Å². The van der Waals surface area contributed by atoms with Crippen molar-refractivity contribution in [2.45, 2.75) is 18.9 Å². The molecule has 0 spiro atoms. The zero-order valence-corrected chi connectivity index (χ0v) is 12.1. The van der Waals surface area contributed by atoms with Gasteiger partial charge in [0.15, 0.2) is 0 Å². The molecular formula is C16H19FN2O2. The Balaban J connectivity index is 2.05. The van der Waals surface area contributed by atoms with Crippen LogP contribution in [0.15, 0.2) is 18.2 Å². The van der Waals surface area contributed by atoms with Crippen LogP contribution in [0.25, 0.3) is 0 Å². The van der Waals surface area contributed by atoms with Crippen LogP contribution in [0.2, 0.25) is 0 Å². The monoisotopic (exact) mass is 290 g/mol. The number of benzene rings is 1. The van der Waals surface area contributed by atoms with Crippen LogP contribution in [-0.2, 0) is 4.74 Å². The average Bonchev–Trinajstić information content (AvgIpc) is 2.49. The standard InChI is InChI=1S/C16H19FN2O2/c1-3-8-19-9-6-13(7-10-19)18-15-11-12(17)4-5-14(15)16(20)21-2/h1,4-5,11,13,18H,6-10H2,2H3. The summed E-state index contributed by atoms with van der Waals surface area (Å²) in [7, 11) is 1.31. The number of terminal acetylenes is 1. The van der Waals surface area contributed by atoms with Gasteiger partial charge in [-0.25, -0.2) is 9.18 Å². The summed E-state index contributed by atoms with van der Waals surface area (Å²) < 4.78 is 18.1. The maximum absolute atomic E-state index is 13.4. The molecule has 1 N–H and O–H groups in total. The molecule has 0 unspecified atom stereocenters. The zero-order valence-electron chi connectivity index (χ0n) is 12.1. The minimum absolute atomic E-state index is 0.198. The quantitative estimate of drug-likeness (QED) is 0.681. The third kappa shape index (κ3) is 3.96. The molecule has 0 aliphatic carbocycles. The normalized spacial score (nSPS) is 16.2. The van der Waals surface area contributed by atoms with Crippen molar-refractivity contribution >= 4 is 11.7 Å². The number of rotatable bonds is 4. The average molecular weight is 290 g/mol. The van der Waals surface area contributed by atoms with Gasteiger partial charge in [-0.05, 0) is 31.0 Å². The van der Waals surface area contributed by atoms with Crippen LogP contribution in [0.4, 0.5) is 10.1 Å². The summed E-state index contributed by atoms with van der Waals surface area (Å²) in [6.07, 6.45) is 7.11. The van der Waals surface area contributed by atoms with Crippen molar-refractivity contribution in [3.05, 3.63) is 29.6 Å². The van der Waals surface area contributed by atoms with E-state index >= 15 is 0 Å². The molecule has 1 aromatic rings. The van der Waals surface area contributed by atoms with E-state index in [0.29, 0.717) is 17.8 Å². The van der Waals surface area contributed by atoms with Gasteiger partial charge in [0.05, 0.1) is 24.9 Å². The minimum Gasteiger partial charge on any atom is -0.465 e. The van der Waals surface area contributed by atoms with E-state index in [9.17, 15) is 9.18 Å². The number of esters is 1. The Morgan fingerprint density at radius 1 is 1.52 bits per heavy atom. The molecule has 1 fully saturated rings. The predicted molar refractivity (Wildman–Crippen MR) is 79.7 cm³/mol. The van der Waals surface area contributed by atoms with E-state index < -0.39 is 5.97 Å². The van der Waals surface area contributed by atoms with E-state index in [2.05, 4.69) is 16.1 Å². The van der Waals surface area contributed by atoms with Gasteiger partial charge in [0.2, 0.25) is 0 Å². The number of nitrogens with one attached hydrogen (secondary N) is 1. The molecule has 4 nitrogen and oxygen atoms in total. The summed E-state index contributed by atoms with van der Waals surface area (Å²) >= 11 is 0. The second-order valence-corrected chi connectivity index (χ2v) is 5.08. The molecule has 0 saturated carbocycles. The van der Waals surface area contributed by atoms with Gasteiger partial charge in [-0.2, -0.15) is 0 Å². The Bertz CT molecular complexity index is 546. The minimum atomic E-state index is -0.470. The van der Waals surface area contributed by atoms with Crippen molar-refractivity contribution in [2.75, 3.05) is 32.1 Å². The van der Waals surface area contributed by atoms with E-state index in [1.54, 1.807) is 0 Å². The first-order chi connectivity index (χ1) is 10.1. The summed E-state index contributed by atoms with van der Waals surface area (Å²) in [6.45, 7) is 2.44. The molecule has 0 bridgehead atoms. The zero-order chi connectivity index (χ0) is 15.2. The second-order valence-electron chi connectivity index (χ2n) is 5.08. The lowest BCUT2D eigenvalue weighted by molar-refractivity contribution is 0.0601. The Labute approximate surface area is 124 Å². The molecule has 1 aromatic carbocycles. The van der Waals surface area contributed by atoms with E-state index in [1.165, 1.54) is 25.3 Å². The lowest BCUT2D eigenvalue weighted by atomic mass is 10.0. The van der Waals surface area contributed by atoms with Crippen LogP contribution >= 0.6 is 0 Å². The topological polar surface area (TPSA) is 41.6 Å². The van der Waals surface area contributed by atoms with Gasteiger partial charge in [-0.15, -0.1) is 6.42 Å². The van der Waals surface area contributed by atoms with Gasteiger partial charge in [0.1, 0.15) is 5.82 Å². The highest BCUT2D eigenvalue weighted by Gasteiger charge is 2.21. The molecule has 21 heavy (non-hydrogen) atoms. The molecule has 1 heterocycles. The summed E-state index contributed by atoms with van der Waals surface area (Å²) in [5.41, 5.74) is 0.835. The molecule has 0 amide bonds. The van der Waals surface area contributed by atoms with Crippen molar-refractivity contribution in [1.82, 2.24) is 4.90 Å². The number of nitrogens with zero attached hydrogens (tertiary/aromatic N) is 1. The van der Waals surface area contributed by atoms with E-state index in [4.69, 9.17) is 11.2 Å². The fourth-order valence-corrected chi connectivity index (χ4v) is 2.51. The SMILES string of the molecule is C#CCN1CCC(Nc2cc(F)ccc2C(=O)OC)CC1. The highest BCUT2D eigenvalue weighted by molar-refractivity contribution is 5.95. The largest absolute Gasteiger partial charge is 0.465 e. The molecule has 0 radical (unpaired) electrons. The van der Waals surface area contributed by atoms with Gasteiger partial charge in [0, 0.05) is 19.1 Å². The first-order valence-electron chi connectivity index (χ1n) is 6.94. The van der Waals surface area contributed by atoms with Crippen molar-refractivity contribution in [2.24, 2.45) is 0 Å². The lowest BCUT2D eigenvalue weighted by Crippen LogP contribution is -2.39. The van der Waals surface area contributed by atoms with Crippen molar-refractivity contribution < 1.29 is 13.9 Å². The number of ether oxygens (including phenoxy) is 1. The summed E-state index contributed by atoms with van der Waals surface area (Å²) in [5, 5.41) is 3.25. The molecular weight excluding hydrogens is 271 g/mol. The number of likely N-dealkylation sites (tertiary alicyclic amines) is 1. The molecule has 112 valence electrons. The Morgan fingerprint density at radius 3 is 2.86 bits per heavy atom. The molecule has 1 aliphatic heterocycles. The first kappa shape index (κ1) is 15.3. The number of methoxy groups -OCH3 is 1. The van der Waals surface area contributed by atoms with Gasteiger partial charge in [-0.3, -0.25) is 4.90 Å². The lowest BCUT2D eigenvalue weighted by Gasteiger charge is -2.32. The van der Waals surface area contributed by atoms with Crippen LogP contribution in [0.3, 0.4) is 0 Å². The van der Waals surface area contributed by atoms with Crippen LogP contribution in [-0.4, -0.2) is 43.7 Å². The van der Waals surface area contributed by atoms with Crippen LogP contribution in [0.1, 0.15) is 23.2 Å². The molecule has 0 atom stereocenters. The third-order valence-electron chi connectivity index (χ3n) is 3.65. The van der Waals surface area contributed by atoms with E-state index in [-0.39, 0.29) is 11.9 Å². The molecule has 5 heteroatoms. The predicted octanol–water partition coefficient (Wildman–Crippen LogP) is 2.12. The number of carbonyl (C=O) groups is 1. The van der Waals surface area contributed by atoms with Gasteiger partial charge in [0.25, 0.3) is 0 Å². The number of piperidine rings is 1. The van der Waals surface area contributed by atoms with E-state index in [1.807, 2.05) is 0 Å². The number of carbonyl (C=O) groups excluding carboxylic acids is 1. The highest BCUT2D eigenvalue weighted by atomic mass is 19.1. The number of hydrogen-bond donors (Lipinski definition) is 1. The molecule has 2 rings (SSSR count). The number of hydrogen-bond acceptors (Lipinski definition) is 4. The Morgan fingerprint density at radius 2 is 2.24 bits per heavy atom. The maximum atomic E-state index is 13.4. The molecule has 0 aromatic heterocycles. The summed E-state index contributed by atoms with van der Waals surface area (Å²) in [5.74, 6) is 1.79. The van der Waals surface area contributed by atoms with Crippen molar-refractivity contribution in [1.29, 1.82) is 0 Å². The Hall–Kier alpha value is -2.06. The van der Waals surface area contributed by atoms with Crippen LogP contribution < -0.4 is 5.32 Å².